The van der Waals surface area contributed by atoms with Crippen LogP contribution in [0.2, 0.25) is 0 Å². The zero-order valence-corrected chi connectivity index (χ0v) is 28.5. The van der Waals surface area contributed by atoms with Crippen LogP contribution in [0.3, 0.4) is 0 Å². The molecule has 0 unspecified atom stereocenters. The van der Waals surface area contributed by atoms with Crippen molar-refractivity contribution < 1.29 is 14.2 Å². The first-order valence-electron chi connectivity index (χ1n) is 16.2. The number of hydrogen-bond acceptors (Lipinski definition) is 8. The van der Waals surface area contributed by atoms with Gasteiger partial charge in [-0.2, -0.15) is 0 Å². The molecular weight excluding hydrogens is 538 g/mol. The minimum atomic E-state index is -0.0791. The Morgan fingerprint density at radius 1 is 0.837 bits per heavy atom. The third-order valence-corrected chi connectivity index (χ3v) is 8.72. The molecule has 8 nitrogen and oxygen atoms in total. The standard InChI is InChI=1S/C35H57N5O3/c1-32(2,3)26-11-12-30(37-19-26)43-28-17-27(18-28)39-35(9,10)14-13-34(7,8)29-20-38-31(21-36-29)41-24-25-22-40(23-25)15-16-42-33(4,5)6/h11-12,19-21,25,27-28,39H,13-18,22-24H2,1-10H3. The molecule has 3 heterocycles. The molecule has 0 amide bonds. The first kappa shape index (κ1) is 33.6. The van der Waals surface area contributed by atoms with Crippen molar-refractivity contribution in [2.75, 3.05) is 32.8 Å². The largest absolute Gasteiger partial charge is 0.476 e. The van der Waals surface area contributed by atoms with E-state index >= 15 is 0 Å². The first-order chi connectivity index (χ1) is 20.0. The molecule has 2 aromatic rings. The lowest BCUT2D eigenvalue weighted by molar-refractivity contribution is -0.0319. The third kappa shape index (κ3) is 10.4. The van der Waals surface area contributed by atoms with Crippen LogP contribution in [0.4, 0.5) is 0 Å². The van der Waals surface area contributed by atoms with Crippen LogP contribution in [0.5, 0.6) is 11.8 Å². The van der Waals surface area contributed by atoms with Gasteiger partial charge in [0.05, 0.1) is 36.9 Å². The number of nitrogens with one attached hydrogen (secondary N) is 1. The van der Waals surface area contributed by atoms with Gasteiger partial charge >= 0.3 is 0 Å². The molecule has 1 saturated carbocycles. The number of rotatable bonds is 14. The average molecular weight is 596 g/mol. The fourth-order valence-corrected chi connectivity index (χ4v) is 5.61. The van der Waals surface area contributed by atoms with Crippen LogP contribution in [-0.4, -0.2) is 76.0 Å². The summed E-state index contributed by atoms with van der Waals surface area (Å²) < 4.78 is 17.9. The second-order valence-corrected chi connectivity index (χ2v) is 16.1. The van der Waals surface area contributed by atoms with Crippen molar-refractivity contribution in [3.05, 3.63) is 42.0 Å². The molecule has 0 radical (unpaired) electrons. The maximum atomic E-state index is 6.13. The van der Waals surface area contributed by atoms with E-state index in [9.17, 15) is 0 Å². The quantitative estimate of drug-likeness (QED) is 0.271. The van der Waals surface area contributed by atoms with E-state index in [1.54, 1.807) is 6.20 Å². The van der Waals surface area contributed by atoms with E-state index in [1.165, 1.54) is 5.56 Å². The molecular formula is C35H57N5O3. The molecule has 1 N–H and O–H groups in total. The Morgan fingerprint density at radius 2 is 1.53 bits per heavy atom. The van der Waals surface area contributed by atoms with E-state index < -0.39 is 0 Å². The first-order valence-corrected chi connectivity index (χ1v) is 16.2. The summed E-state index contributed by atoms with van der Waals surface area (Å²) in [6.07, 6.45) is 9.90. The SMILES string of the molecule is CC(C)(CCC(C)(C)c1cnc(OCC2CN(CCOC(C)(C)C)C2)cn1)NC1CC(Oc2ccc(C(C)(C)C)cn2)C1. The molecule has 1 aliphatic carbocycles. The Balaban J connectivity index is 1.13. The number of pyridine rings is 1. The highest BCUT2D eigenvalue weighted by Gasteiger charge is 2.36. The Labute approximate surface area is 260 Å². The summed E-state index contributed by atoms with van der Waals surface area (Å²) in [4.78, 5) is 16.3. The predicted molar refractivity (Wildman–Crippen MR) is 173 cm³/mol. The number of hydrogen-bond donors (Lipinski definition) is 1. The molecule has 1 aliphatic heterocycles. The van der Waals surface area contributed by atoms with Crippen LogP contribution in [0.15, 0.2) is 30.7 Å². The van der Waals surface area contributed by atoms with E-state index in [2.05, 4.69) is 95.5 Å². The summed E-state index contributed by atoms with van der Waals surface area (Å²) in [5.41, 5.74) is 2.20. The van der Waals surface area contributed by atoms with Gasteiger partial charge in [-0.3, -0.25) is 4.98 Å². The summed E-state index contributed by atoms with van der Waals surface area (Å²) in [5, 5.41) is 3.86. The Kier molecular flexibility index (Phi) is 10.4. The van der Waals surface area contributed by atoms with Gasteiger partial charge in [-0.25, -0.2) is 9.97 Å². The molecule has 43 heavy (non-hydrogen) atoms. The van der Waals surface area contributed by atoms with E-state index in [1.807, 2.05) is 18.5 Å². The summed E-state index contributed by atoms with van der Waals surface area (Å²) in [6, 6.07) is 4.59. The molecule has 2 aliphatic rings. The molecule has 2 aromatic heterocycles. The maximum Gasteiger partial charge on any atom is 0.232 e. The van der Waals surface area contributed by atoms with Gasteiger partial charge in [0.25, 0.3) is 0 Å². The molecule has 240 valence electrons. The van der Waals surface area contributed by atoms with Crippen LogP contribution in [0, 0.1) is 5.92 Å². The maximum absolute atomic E-state index is 6.13. The lowest BCUT2D eigenvalue weighted by Gasteiger charge is -2.42. The molecule has 1 saturated heterocycles. The number of aromatic nitrogens is 3. The van der Waals surface area contributed by atoms with Crippen LogP contribution in [0.25, 0.3) is 0 Å². The van der Waals surface area contributed by atoms with Crippen molar-refractivity contribution in [2.24, 2.45) is 5.92 Å². The van der Waals surface area contributed by atoms with Gasteiger partial charge in [0, 0.05) is 54.8 Å². The van der Waals surface area contributed by atoms with Gasteiger partial charge in [-0.1, -0.05) is 40.7 Å². The number of likely N-dealkylation sites (tertiary alicyclic amines) is 1. The summed E-state index contributed by atoms with van der Waals surface area (Å²) in [7, 11) is 0. The lowest BCUT2D eigenvalue weighted by atomic mass is 9.79. The molecule has 8 heteroatoms. The topological polar surface area (TPSA) is 81.6 Å². The van der Waals surface area contributed by atoms with E-state index in [0.717, 1.165) is 63.5 Å². The zero-order valence-electron chi connectivity index (χ0n) is 28.5. The molecule has 4 rings (SSSR count). The third-order valence-electron chi connectivity index (χ3n) is 8.72. The van der Waals surface area contributed by atoms with Crippen molar-refractivity contribution in [3.8, 4) is 11.8 Å². The second kappa shape index (κ2) is 13.4. The van der Waals surface area contributed by atoms with E-state index in [-0.39, 0.29) is 28.1 Å². The van der Waals surface area contributed by atoms with Gasteiger partial charge in [0.2, 0.25) is 11.8 Å². The minimum Gasteiger partial charge on any atom is -0.476 e. The fourth-order valence-electron chi connectivity index (χ4n) is 5.61. The fraction of sp³-hybridized carbons (Fsp3) is 0.743. The normalized spacial score (nSPS) is 20.4. The summed E-state index contributed by atoms with van der Waals surface area (Å²) in [6.45, 7) is 26.5. The van der Waals surface area contributed by atoms with Gasteiger partial charge in [-0.05, 0) is 71.3 Å². The Morgan fingerprint density at radius 3 is 2.12 bits per heavy atom. The molecule has 0 aromatic carbocycles. The van der Waals surface area contributed by atoms with Gasteiger partial charge in [-0.15, -0.1) is 0 Å². The van der Waals surface area contributed by atoms with Crippen LogP contribution in [-0.2, 0) is 15.6 Å². The number of nitrogens with zero attached hydrogens (tertiary/aromatic N) is 4. The monoisotopic (exact) mass is 595 g/mol. The van der Waals surface area contributed by atoms with Gasteiger partial charge in [0.1, 0.15) is 6.10 Å². The van der Waals surface area contributed by atoms with E-state index in [4.69, 9.17) is 19.2 Å². The van der Waals surface area contributed by atoms with Crippen molar-refractivity contribution in [2.45, 2.75) is 129 Å². The van der Waals surface area contributed by atoms with Crippen molar-refractivity contribution in [3.63, 3.8) is 0 Å². The predicted octanol–water partition coefficient (Wildman–Crippen LogP) is 6.33. The van der Waals surface area contributed by atoms with Crippen molar-refractivity contribution in [1.29, 1.82) is 0 Å². The summed E-state index contributed by atoms with van der Waals surface area (Å²) in [5.74, 6) is 1.87. The van der Waals surface area contributed by atoms with Gasteiger partial charge < -0.3 is 24.4 Å². The highest BCUT2D eigenvalue weighted by Crippen LogP contribution is 2.33. The smallest absolute Gasteiger partial charge is 0.232 e. The minimum absolute atomic E-state index is 0.0194. The summed E-state index contributed by atoms with van der Waals surface area (Å²) >= 11 is 0. The van der Waals surface area contributed by atoms with Crippen LogP contribution >= 0.6 is 0 Å². The highest BCUT2D eigenvalue weighted by atomic mass is 16.5. The zero-order chi connectivity index (χ0) is 31.5. The van der Waals surface area contributed by atoms with Crippen LogP contribution < -0.4 is 14.8 Å². The van der Waals surface area contributed by atoms with Gasteiger partial charge in [0.15, 0.2) is 0 Å². The van der Waals surface area contributed by atoms with Crippen LogP contribution in [0.1, 0.15) is 106 Å². The average Bonchev–Trinajstić information content (AvgIpc) is 2.86. The lowest BCUT2D eigenvalue weighted by Crippen LogP contribution is -2.54. The molecule has 0 atom stereocenters. The molecule has 0 spiro atoms. The van der Waals surface area contributed by atoms with Crippen molar-refractivity contribution >= 4 is 0 Å². The number of ether oxygens (including phenoxy) is 3. The molecule has 2 fully saturated rings. The molecule has 0 bridgehead atoms. The second-order valence-electron chi connectivity index (χ2n) is 16.1. The van der Waals surface area contributed by atoms with Crippen molar-refractivity contribution in [1.82, 2.24) is 25.2 Å². The highest BCUT2D eigenvalue weighted by molar-refractivity contribution is 5.24. The van der Waals surface area contributed by atoms with E-state index in [0.29, 0.717) is 24.4 Å². The Hall–Kier alpha value is -2.29. The Bertz CT molecular complexity index is 1140.